The lowest BCUT2D eigenvalue weighted by Gasteiger charge is -2.23. The zero-order valence-electron chi connectivity index (χ0n) is 21.0. The van der Waals surface area contributed by atoms with E-state index in [1.807, 2.05) is 0 Å². The van der Waals surface area contributed by atoms with Crippen LogP contribution in [0.4, 0.5) is 0 Å². The highest BCUT2D eigenvalue weighted by atomic mass is 28.4. The first kappa shape index (κ1) is 29.1. The predicted molar refractivity (Wildman–Crippen MR) is 133 cm³/mol. The Kier molecular flexibility index (Phi) is 21.5. The molecule has 0 amide bonds. The van der Waals surface area contributed by atoms with Crippen LogP contribution in [0.25, 0.3) is 0 Å². The van der Waals surface area contributed by atoms with Crippen molar-refractivity contribution in [2.45, 2.75) is 149 Å². The molecule has 0 aliphatic heterocycles. The molecule has 0 aromatic heterocycles. The third kappa shape index (κ3) is 24.3. The lowest BCUT2D eigenvalue weighted by molar-refractivity contribution is 0.171. The van der Waals surface area contributed by atoms with E-state index in [1.54, 1.807) is 0 Å². The fraction of sp³-hybridized carbons (Fsp3) is 1.00. The van der Waals surface area contributed by atoms with Crippen molar-refractivity contribution in [3.05, 3.63) is 0 Å². The Labute approximate surface area is 186 Å². The van der Waals surface area contributed by atoms with Crippen LogP contribution in [0.5, 0.6) is 0 Å². The molecule has 0 saturated carbocycles. The van der Waals surface area contributed by atoms with Crippen molar-refractivity contribution in [3.8, 4) is 0 Å². The van der Waals surface area contributed by atoms with Gasteiger partial charge in [0.15, 0.2) is 0 Å². The van der Waals surface area contributed by atoms with E-state index in [-0.39, 0.29) is 0 Å². The molecule has 0 aliphatic carbocycles. The highest BCUT2D eigenvalue weighted by Gasteiger charge is 2.23. The minimum atomic E-state index is -1.88. The van der Waals surface area contributed by atoms with E-state index in [0.29, 0.717) is 0 Å². The number of hydrogen-bond acceptors (Lipinski definition) is 2. The van der Waals surface area contributed by atoms with Crippen molar-refractivity contribution in [3.63, 3.8) is 0 Å². The predicted octanol–water partition coefficient (Wildman–Crippen LogP) is 9.42. The van der Waals surface area contributed by atoms with Crippen LogP contribution in [0.1, 0.15) is 136 Å². The van der Waals surface area contributed by atoms with Crippen LogP contribution in [0.15, 0.2) is 0 Å². The zero-order chi connectivity index (χ0) is 21.6. The molecule has 0 N–H and O–H groups in total. The van der Waals surface area contributed by atoms with Gasteiger partial charge in [0.2, 0.25) is 0 Å². The number of rotatable bonds is 23. The van der Waals surface area contributed by atoms with Gasteiger partial charge in [-0.1, -0.05) is 117 Å². The summed E-state index contributed by atoms with van der Waals surface area (Å²) in [7, 11) is -1.88. The molecule has 0 fully saturated rings. The fourth-order valence-electron chi connectivity index (χ4n) is 3.82. The van der Waals surface area contributed by atoms with Crippen molar-refractivity contribution in [2.24, 2.45) is 5.92 Å². The highest BCUT2D eigenvalue weighted by Crippen LogP contribution is 2.15. The molecular formula is C26H56O2Si. The Bertz CT molecular complexity index is 318. The molecule has 0 bridgehead atoms. The van der Waals surface area contributed by atoms with E-state index < -0.39 is 8.56 Å². The summed E-state index contributed by atoms with van der Waals surface area (Å²) in [5.74, 6) is 0.773. The number of hydrogen-bond donors (Lipinski definition) is 0. The van der Waals surface area contributed by atoms with Crippen molar-refractivity contribution in [1.29, 1.82) is 0 Å². The average Bonchev–Trinajstić information content (AvgIpc) is 2.67. The molecule has 29 heavy (non-hydrogen) atoms. The van der Waals surface area contributed by atoms with Crippen LogP contribution in [0, 0.1) is 5.92 Å². The maximum absolute atomic E-state index is 6.07. The standard InChI is InChI=1S/C26H56O2Si/c1-6-7-8-9-10-11-12-13-14-15-16-17-18-19-20-21-24-27-29(4,5)28-25-22-23-26(2)3/h26H,6-25H2,1-5H3. The van der Waals surface area contributed by atoms with Crippen molar-refractivity contribution >= 4 is 8.56 Å². The monoisotopic (exact) mass is 428 g/mol. The second-order valence-corrected chi connectivity index (χ2v) is 13.3. The van der Waals surface area contributed by atoms with Gasteiger partial charge in [0.1, 0.15) is 0 Å². The summed E-state index contributed by atoms with van der Waals surface area (Å²) in [6.45, 7) is 13.0. The Hall–Kier alpha value is 0.137. The molecule has 0 unspecified atom stereocenters. The Morgan fingerprint density at radius 1 is 0.517 bits per heavy atom. The normalized spacial score (nSPS) is 12.2. The van der Waals surface area contributed by atoms with E-state index >= 15 is 0 Å². The summed E-state index contributed by atoms with van der Waals surface area (Å²) in [5.41, 5.74) is 0. The lowest BCUT2D eigenvalue weighted by atomic mass is 10.0. The third-order valence-electron chi connectivity index (χ3n) is 5.82. The van der Waals surface area contributed by atoms with Gasteiger partial charge in [-0.2, -0.15) is 0 Å². The van der Waals surface area contributed by atoms with E-state index in [9.17, 15) is 0 Å². The smallest absolute Gasteiger partial charge is 0.331 e. The summed E-state index contributed by atoms with van der Waals surface area (Å²) in [6.07, 6.45) is 25.1. The topological polar surface area (TPSA) is 18.5 Å². The van der Waals surface area contributed by atoms with Gasteiger partial charge in [0, 0.05) is 13.2 Å². The average molecular weight is 429 g/mol. The third-order valence-corrected chi connectivity index (χ3v) is 7.62. The van der Waals surface area contributed by atoms with Gasteiger partial charge in [-0.25, -0.2) is 0 Å². The van der Waals surface area contributed by atoms with Gasteiger partial charge in [-0.15, -0.1) is 0 Å². The largest absolute Gasteiger partial charge is 0.395 e. The van der Waals surface area contributed by atoms with Gasteiger partial charge in [0.25, 0.3) is 0 Å². The highest BCUT2D eigenvalue weighted by molar-refractivity contribution is 6.64. The molecule has 0 atom stereocenters. The van der Waals surface area contributed by atoms with Crippen LogP contribution in [-0.2, 0) is 8.85 Å². The molecular weight excluding hydrogens is 372 g/mol. The van der Waals surface area contributed by atoms with Crippen LogP contribution in [-0.4, -0.2) is 21.8 Å². The minimum Gasteiger partial charge on any atom is -0.395 e. The van der Waals surface area contributed by atoms with Crippen LogP contribution < -0.4 is 0 Å². The lowest BCUT2D eigenvalue weighted by Crippen LogP contribution is -2.35. The van der Waals surface area contributed by atoms with Gasteiger partial charge >= 0.3 is 8.56 Å². The molecule has 0 rings (SSSR count). The van der Waals surface area contributed by atoms with Crippen LogP contribution in [0.3, 0.4) is 0 Å². The minimum absolute atomic E-state index is 0.773. The second-order valence-electron chi connectivity index (χ2n) is 9.94. The molecule has 0 aromatic carbocycles. The quantitative estimate of drug-likeness (QED) is 0.119. The number of unbranched alkanes of at least 4 members (excludes halogenated alkanes) is 15. The summed E-state index contributed by atoms with van der Waals surface area (Å²) >= 11 is 0. The molecule has 0 aliphatic rings. The zero-order valence-corrected chi connectivity index (χ0v) is 22.0. The second kappa shape index (κ2) is 21.4. The van der Waals surface area contributed by atoms with E-state index in [4.69, 9.17) is 8.85 Å². The Morgan fingerprint density at radius 2 is 0.862 bits per heavy atom. The van der Waals surface area contributed by atoms with Gasteiger partial charge in [-0.05, 0) is 38.3 Å². The summed E-state index contributed by atoms with van der Waals surface area (Å²) in [5, 5.41) is 0. The molecule has 2 nitrogen and oxygen atoms in total. The molecule has 0 heterocycles. The summed E-state index contributed by atoms with van der Waals surface area (Å²) in [4.78, 5) is 0. The maximum Gasteiger partial charge on any atom is 0.331 e. The van der Waals surface area contributed by atoms with Crippen molar-refractivity contribution < 1.29 is 8.85 Å². The van der Waals surface area contributed by atoms with Gasteiger partial charge < -0.3 is 8.85 Å². The Morgan fingerprint density at radius 3 is 1.24 bits per heavy atom. The van der Waals surface area contributed by atoms with Gasteiger partial charge in [-0.3, -0.25) is 0 Å². The molecule has 176 valence electrons. The summed E-state index contributed by atoms with van der Waals surface area (Å²) in [6, 6.07) is 0. The first-order valence-corrected chi connectivity index (χ1v) is 16.1. The van der Waals surface area contributed by atoms with Crippen LogP contribution >= 0.6 is 0 Å². The fourth-order valence-corrected chi connectivity index (χ4v) is 5.17. The molecule has 0 aromatic rings. The first-order chi connectivity index (χ1) is 14.0. The molecule has 3 heteroatoms. The SMILES string of the molecule is CCCCCCCCCCCCCCCCCCO[Si](C)(C)OCCCC(C)C. The van der Waals surface area contributed by atoms with Gasteiger partial charge in [0.05, 0.1) is 0 Å². The maximum atomic E-state index is 6.07. The molecule has 0 spiro atoms. The van der Waals surface area contributed by atoms with Crippen molar-refractivity contribution in [2.75, 3.05) is 13.2 Å². The Balaban J connectivity index is 3.23. The molecule has 0 saturated heterocycles. The van der Waals surface area contributed by atoms with Crippen LogP contribution in [0.2, 0.25) is 13.1 Å². The van der Waals surface area contributed by atoms with E-state index in [1.165, 1.54) is 109 Å². The summed E-state index contributed by atoms with van der Waals surface area (Å²) < 4.78 is 12.1. The molecule has 0 radical (unpaired) electrons. The first-order valence-electron chi connectivity index (χ1n) is 13.3. The van der Waals surface area contributed by atoms with E-state index in [2.05, 4.69) is 33.9 Å². The van der Waals surface area contributed by atoms with E-state index in [0.717, 1.165) is 25.6 Å². The van der Waals surface area contributed by atoms with Crippen molar-refractivity contribution in [1.82, 2.24) is 0 Å².